The number of hydrogen-bond acceptors (Lipinski definition) is 5. The molecule has 0 bridgehead atoms. The molecule has 0 radical (unpaired) electrons. The van der Waals surface area contributed by atoms with Gasteiger partial charge >= 0.3 is 0 Å². The van der Waals surface area contributed by atoms with Gasteiger partial charge in [-0.2, -0.15) is 0 Å². The number of nitrogens with zero attached hydrogens (tertiary/aromatic N) is 2. The minimum absolute atomic E-state index is 0.450. The van der Waals surface area contributed by atoms with Crippen molar-refractivity contribution < 1.29 is 9.47 Å². The van der Waals surface area contributed by atoms with Crippen molar-refractivity contribution in [2.75, 3.05) is 20.0 Å². The number of methoxy groups -OCH3 is 2. The zero-order valence-corrected chi connectivity index (χ0v) is 11.9. The Balaban J connectivity index is 2.90. The SMILES string of the molecule is COc1cc2c(N)nc(C)nc2c(I)c1OC. The number of ether oxygens (including phenoxy) is 2. The topological polar surface area (TPSA) is 70.3 Å². The highest BCUT2D eigenvalue weighted by atomic mass is 127. The fourth-order valence-electron chi connectivity index (χ4n) is 1.67. The van der Waals surface area contributed by atoms with E-state index in [-0.39, 0.29) is 0 Å². The molecule has 90 valence electrons. The zero-order valence-electron chi connectivity index (χ0n) is 9.74. The van der Waals surface area contributed by atoms with Gasteiger partial charge in [0.1, 0.15) is 11.6 Å². The van der Waals surface area contributed by atoms with Crippen LogP contribution in [0.2, 0.25) is 0 Å². The summed E-state index contributed by atoms with van der Waals surface area (Å²) in [5.74, 6) is 2.38. The van der Waals surface area contributed by atoms with E-state index in [1.165, 1.54) is 0 Å². The van der Waals surface area contributed by atoms with Gasteiger partial charge in [-0.3, -0.25) is 0 Å². The molecule has 2 N–H and O–H groups in total. The predicted molar refractivity (Wildman–Crippen MR) is 74.5 cm³/mol. The number of hydrogen-bond donors (Lipinski definition) is 1. The maximum Gasteiger partial charge on any atom is 0.176 e. The summed E-state index contributed by atoms with van der Waals surface area (Å²) in [6.07, 6.45) is 0. The van der Waals surface area contributed by atoms with E-state index < -0.39 is 0 Å². The van der Waals surface area contributed by atoms with Crippen molar-refractivity contribution in [2.45, 2.75) is 6.92 Å². The average molecular weight is 345 g/mol. The maximum atomic E-state index is 5.89. The largest absolute Gasteiger partial charge is 0.493 e. The molecule has 0 unspecified atom stereocenters. The van der Waals surface area contributed by atoms with Gasteiger partial charge in [0.25, 0.3) is 0 Å². The predicted octanol–water partition coefficient (Wildman–Crippen LogP) is 2.14. The minimum atomic E-state index is 0.450. The van der Waals surface area contributed by atoms with Crippen molar-refractivity contribution in [1.29, 1.82) is 0 Å². The highest BCUT2D eigenvalue weighted by Crippen LogP contribution is 2.38. The molecule has 0 aliphatic carbocycles. The molecular formula is C11H12IN3O2. The quantitative estimate of drug-likeness (QED) is 0.845. The van der Waals surface area contributed by atoms with E-state index in [0.717, 1.165) is 14.5 Å². The second kappa shape index (κ2) is 4.52. The lowest BCUT2D eigenvalue weighted by atomic mass is 10.2. The molecule has 0 atom stereocenters. The van der Waals surface area contributed by atoms with Gasteiger partial charge < -0.3 is 15.2 Å². The Labute approximate surface area is 112 Å². The standard InChI is InChI=1S/C11H12IN3O2/c1-5-14-9-6(11(13)15-5)4-7(16-2)10(17-3)8(9)12/h4H,1-3H3,(H2,13,14,15). The van der Waals surface area contributed by atoms with Crippen molar-refractivity contribution in [3.8, 4) is 11.5 Å². The molecule has 6 heteroatoms. The van der Waals surface area contributed by atoms with Gasteiger partial charge in [-0.1, -0.05) is 0 Å². The van der Waals surface area contributed by atoms with Gasteiger partial charge in [-0.05, 0) is 35.6 Å². The molecule has 0 saturated carbocycles. The number of fused-ring (bicyclic) bond motifs is 1. The normalized spacial score (nSPS) is 10.6. The van der Waals surface area contributed by atoms with Crippen LogP contribution in [0.1, 0.15) is 5.82 Å². The molecule has 17 heavy (non-hydrogen) atoms. The summed E-state index contributed by atoms with van der Waals surface area (Å²) < 4.78 is 11.5. The number of aryl methyl sites for hydroxylation is 1. The molecular weight excluding hydrogens is 333 g/mol. The average Bonchev–Trinajstić information content (AvgIpc) is 2.30. The Morgan fingerprint density at radius 2 is 1.94 bits per heavy atom. The van der Waals surface area contributed by atoms with Gasteiger partial charge in [0.15, 0.2) is 11.5 Å². The number of nitrogens with two attached hydrogens (primary N) is 1. The van der Waals surface area contributed by atoms with Crippen LogP contribution < -0.4 is 15.2 Å². The number of anilines is 1. The summed E-state index contributed by atoms with van der Waals surface area (Å²) in [4.78, 5) is 8.53. The molecule has 1 heterocycles. The van der Waals surface area contributed by atoms with Gasteiger partial charge in [0.2, 0.25) is 0 Å². The number of benzene rings is 1. The summed E-state index contributed by atoms with van der Waals surface area (Å²) in [5.41, 5.74) is 6.68. The van der Waals surface area contributed by atoms with Gasteiger partial charge in [-0.15, -0.1) is 0 Å². The summed E-state index contributed by atoms with van der Waals surface area (Å²) in [5, 5.41) is 0.776. The monoisotopic (exact) mass is 345 g/mol. The van der Waals surface area contributed by atoms with Crippen LogP contribution in [-0.2, 0) is 0 Å². The van der Waals surface area contributed by atoms with E-state index in [0.29, 0.717) is 23.1 Å². The summed E-state index contributed by atoms with van der Waals surface area (Å²) in [7, 11) is 3.19. The number of halogens is 1. The first kappa shape index (κ1) is 12.2. The van der Waals surface area contributed by atoms with Crippen LogP contribution in [0.4, 0.5) is 5.82 Å². The smallest absolute Gasteiger partial charge is 0.176 e. The summed E-state index contributed by atoms with van der Waals surface area (Å²) in [6, 6.07) is 1.80. The van der Waals surface area contributed by atoms with Gasteiger partial charge in [0, 0.05) is 5.39 Å². The van der Waals surface area contributed by atoms with Crippen molar-refractivity contribution in [2.24, 2.45) is 0 Å². The number of nitrogen functional groups attached to an aromatic ring is 1. The molecule has 0 spiro atoms. The second-order valence-electron chi connectivity index (χ2n) is 3.48. The molecule has 0 amide bonds. The highest BCUT2D eigenvalue weighted by Gasteiger charge is 2.16. The highest BCUT2D eigenvalue weighted by molar-refractivity contribution is 14.1. The van der Waals surface area contributed by atoms with E-state index in [2.05, 4.69) is 32.6 Å². The van der Waals surface area contributed by atoms with Crippen LogP contribution in [0.25, 0.3) is 10.9 Å². The third-order valence-corrected chi connectivity index (χ3v) is 3.42. The van der Waals surface area contributed by atoms with Crippen molar-refractivity contribution in [3.63, 3.8) is 0 Å². The first-order valence-corrected chi connectivity index (χ1v) is 6.00. The molecule has 1 aromatic carbocycles. The summed E-state index contributed by atoms with van der Waals surface area (Å²) in [6.45, 7) is 1.81. The fraction of sp³-hybridized carbons (Fsp3) is 0.273. The van der Waals surface area contributed by atoms with E-state index in [4.69, 9.17) is 15.2 Å². The van der Waals surface area contributed by atoms with Gasteiger partial charge in [0.05, 0.1) is 23.3 Å². The maximum absolute atomic E-state index is 5.89. The molecule has 0 aliphatic rings. The lowest BCUT2D eigenvalue weighted by Gasteiger charge is -2.12. The van der Waals surface area contributed by atoms with Crippen molar-refractivity contribution in [1.82, 2.24) is 9.97 Å². The van der Waals surface area contributed by atoms with E-state index >= 15 is 0 Å². The molecule has 0 fully saturated rings. The first-order chi connectivity index (χ1) is 8.08. The van der Waals surface area contributed by atoms with Crippen LogP contribution >= 0.6 is 22.6 Å². The van der Waals surface area contributed by atoms with Crippen molar-refractivity contribution in [3.05, 3.63) is 15.5 Å². The Hall–Kier alpha value is -1.31. The zero-order chi connectivity index (χ0) is 12.6. The summed E-state index contributed by atoms with van der Waals surface area (Å²) >= 11 is 2.17. The fourth-order valence-corrected chi connectivity index (χ4v) is 2.56. The molecule has 0 saturated heterocycles. The molecule has 2 aromatic rings. The third kappa shape index (κ3) is 1.97. The van der Waals surface area contributed by atoms with E-state index in [1.807, 2.05) is 6.92 Å². The van der Waals surface area contributed by atoms with Gasteiger partial charge in [-0.25, -0.2) is 9.97 Å². The van der Waals surface area contributed by atoms with E-state index in [1.54, 1.807) is 20.3 Å². The number of rotatable bonds is 2. The van der Waals surface area contributed by atoms with Crippen LogP contribution in [-0.4, -0.2) is 24.2 Å². The Bertz CT molecular complexity index is 587. The number of aromatic nitrogens is 2. The lowest BCUT2D eigenvalue weighted by molar-refractivity contribution is 0.354. The Morgan fingerprint density at radius 3 is 2.53 bits per heavy atom. The molecule has 1 aromatic heterocycles. The van der Waals surface area contributed by atoms with Crippen LogP contribution in [0.15, 0.2) is 6.07 Å². The Morgan fingerprint density at radius 1 is 1.24 bits per heavy atom. The van der Waals surface area contributed by atoms with Crippen LogP contribution in [0, 0.1) is 10.5 Å². The third-order valence-electron chi connectivity index (χ3n) is 2.42. The molecule has 2 rings (SSSR count). The molecule has 5 nitrogen and oxygen atoms in total. The second-order valence-corrected chi connectivity index (χ2v) is 4.56. The minimum Gasteiger partial charge on any atom is -0.493 e. The lowest BCUT2D eigenvalue weighted by Crippen LogP contribution is -2.01. The van der Waals surface area contributed by atoms with E-state index in [9.17, 15) is 0 Å². The molecule has 0 aliphatic heterocycles. The Kier molecular flexibility index (Phi) is 3.23. The van der Waals surface area contributed by atoms with Crippen LogP contribution in [0.3, 0.4) is 0 Å². The van der Waals surface area contributed by atoms with Crippen molar-refractivity contribution >= 4 is 39.3 Å². The first-order valence-electron chi connectivity index (χ1n) is 4.92. The van der Waals surface area contributed by atoms with Crippen LogP contribution in [0.5, 0.6) is 11.5 Å².